The van der Waals surface area contributed by atoms with Crippen molar-refractivity contribution in [3.8, 4) is 5.75 Å². The highest BCUT2D eigenvalue weighted by molar-refractivity contribution is 6.32. The second-order valence-corrected chi connectivity index (χ2v) is 14.0. The third-order valence-corrected chi connectivity index (χ3v) is 10.5. The lowest BCUT2D eigenvalue weighted by molar-refractivity contribution is -0.181. The number of nitrogens with zero attached hydrogens (tertiary/aromatic N) is 2. The molecule has 4 rings (SSSR count). The molecule has 1 aromatic carbocycles. The van der Waals surface area contributed by atoms with Gasteiger partial charge in [0.2, 0.25) is 5.91 Å². The van der Waals surface area contributed by atoms with Crippen LogP contribution in [0.3, 0.4) is 0 Å². The Kier molecular flexibility index (Phi) is 10.6. The van der Waals surface area contributed by atoms with E-state index in [1.165, 1.54) is 4.90 Å². The van der Waals surface area contributed by atoms with E-state index < -0.39 is 64.4 Å². The smallest absolute Gasteiger partial charge is 0.235 e. The van der Waals surface area contributed by atoms with E-state index in [2.05, 4.69) is 13.8 Å². The number of phenolic OH excluding ortho intramolecular Hbond substituents is 1. The Morgan fingerprint density at radius 1 is 1.00 bits per heavy atom. The quantitative estimate of drug-likeness (QED) is 0.221. The molecule has 1 amide bonds. The molecule has 3 aliphatic carbocycles. The SMILES string of the molecule is CCCCCC(CCCCC)Cc1cc(N(C)C)c2c(c1O)C(=O)C1C(=O)[C@]3(O)C(=O)C(C(N)=O)C(=O)[C@@H](N(C)C)[C@@H]3C[C@@H]1C2. The molecule has 248 valence electrons. The molecular weight excluding hydrogens is 574 g/mol. The molecule has 2 saturated carbocycles. The molecule has 1 aromatic rings. The third kappa shape index (κ3) is 6.08. The number of amides is 1. The second kappa shape index (κ2) is 13.7. The highest BCUT2D eigenvalue weighted by Gasteiger charge is 2.69. The molecule has 2 unspecified atom stereocenters. The van der Waals surface area contributed by atoms with Crippen molar-refractivity contribution in [1.29, 1.82) is 0 Å². The first-order valence-corrected chi connectivity index (χ1v) is 16.6. The summed E-state index contributed by atoms with van der Waals surface area (Å²) in [5.41, 5.74) is 4.85. The molecule has 0 spiro atoms. The molecule has 0 saturated heterocycles. The van der Waals surface area contributed by atoms with Crippen LogP contribution in [-0.2, 0) is 32.0 Å². The normalized spacial score (nSPS) is 27.9. The molecular formula is C35H51N3O7. The predicted octanol–water partition coefficient (Wildman–Crippen LogP) is 3.25. The van der Waals surface area contributed by atoms with E-state index >= 15 is 0 Å². The zero-order valence-corrected chi connectivity index (χ0v) is 27.7. The average Bonchev–Trinajstić information content (AvgIpc) is 2.95. The lowest BCUT2D eigenvalue weighted by atomic mass is 9.52. The molecule has 0 aromatic heterocycles. The van der Waals surface area contributed by atoms with Crippen LogP contribution in [0.25, 0.3) is 0 Å². The molecule has 0 heterocycles. The Labute approximate surface area is 266 Å². The van der Waals surface area contributed by atoms with Gasteiger partial charge < -0.3 is 20.8 Å². The summed E-state index contributed by atoms with van der Waals surface area (Å²) in [6.07, 6.45) is 9.60. The van der Waals surface area contributed by atoms with Crippen LogP contribution >= 0.6 is 0 Å². The number of hydrogen-bond acceptors (Lipinski definition) is 9. The first-order chi connectivity index (χ1) is 21.2. The van der Waals surface area contributed by atoms with E-state index in [9.17, 15) is 34.2 Å². The maximum Gasteiger partial charge on any atom is 0.235 e. The Bertz CT molecular complexity index is 1340. The van der Waals surface area contributed by atoms with Gasteiger partial charge in [-0.1, -0.05) is 65.2 Å². The number of rotatable bonds is 13. The zero-order chi connectivity index (χ0) is 33.4. The lowest BCUT2D eigenvalue weighted by Gasteiger charge is -2.52. The fraction of sp³-hybridized carbons (Fsp3) is 0.686. The van der Waals surface area contributed by atoms with E-state index in [4.69, 9.17) is 5.73 Å². The van der Waals surface area contributed by atoms with Crippen molar-refractivity contribution in [2.24, 2.45) is 35.3 Å². The van der Waals surface area contributed by atoms with Crippen molar-refractivity contribution in [2.75, 3.05) is 33.1 Å². The van der Waals surface area contributed by atoms with Crippen LogP contribution in [0.15, 0.2) is 6.07 Å². The van der Waals surface area contributed by atoms with E-state index in [1.807, 2.05) is 25.1 Å². The summed E-state index contributed by atoms with van der Waals surface area (Å²) in [6.45, 7) is 4.34. The molecule has 2 fully saturated rings. The number of benzene rings is 1. The van der Waals surface area contributed by atoms with Crippen LogP contribution in [0.5, 0.6) is 5.75 Å². The third-order valence-electron chi connectivity index (χ3n) is 10.5. The summed E-state index contributed by atoms with van der Waals surface area (Å²) in [5.74, 6) is -9.80. The van der Waals surface area contributed by atoms with Gasteiger partial charge in [0.25, 0.3) is 0 Å². The number of likely N-dealkylation sites (N-methyl/N-ethyl adjacent to an activating group) is 1. The summed E-state index contributed by atoms with van der Waals surface area (Å²) in [4.78, 5) is 71.1. The minimum absolute atomic E-state index is 0.0379. The molecule has 6 atom stereocenters. The number of carbonyl (C=O) groups is 5. The van der Waals surface area contributed by atoms with Gasteiger partial charge in [-0.2, -0.15) is 0 Å². The van der Waals surface area contributed by atoms with E-state index in [1.54, 1.807) is 14.1 Å². The molecule has 0 radical (unpaired) electrons. The van der Waals surface area contributed by atoms with Crippen molar-refractivity contribution < 1.29 is 34.2 Å². The molecule has 10 heteroatoms. The molecule has 0 aliphatic heterocycles. The van der Waals surface area contributed by atoms with Crippen LogP contribution in [0.1, 0.15) is 93.1 Å². The number of aromatic hydroxyl groups is 1. The van der Waals surface area contributed by atoms with Crippen LogP contribution in [0.2, 0.25) is 0 Å². The van der Waals surface area contributed by atoms with Crippen molar-refractivity contribution in [3.63, 3.8) is 0 Å². The number of anilines is 1. The van der Waals surface area contributed by atoms with E-state index in [0.717, 1.165) is 57.1 Å². The van der Waals surface area contributed by atoms with Crippen LogP contribution in [0, 0.1) is 29.6 Å². The minimum Gasteiger partial charge on any atom is -0.507 e. The molecule has 3 aliphatic rings. The molecule has 10 nitrogen and oxygen atoms in total. The molecule has 0 bridgehead atoms. The fourth-order valence-electron chi connectivity index (χ4n) is 8.29. The Morgan fingerprint density at radius 3 is 2.11 bits per heavy atom. The number of Topliss-reactive ketones (excluding diaryl/α,β-unsaturated/α-hetero) is 4. The number of nitrogens with two attached hydrogens (primary N) is 1. The Morgan fingerprint density at radius 2 is 1.60 bits per heavy atom. The molecule has 45 heavy (non-hydrogen) atoms. The largest absolute Gasteiger partial charge is 0.507 e. The van der Waals surface area contributed by atoms with Gasteiger partial charge in [0.05, 0.1) is 17.5 Å². The summed E-state index contributed by atoms with van der Waals surface area (Å²) in [7, 11) is 6.91. The van der Waals surface area contributed by atoms with E-state index in [0.29, 0.717) is 23.5 Å². The van der Waals surface area contributed by atoms with Gasteiger partial charge in [0, 0.05) is 25.7 Å². The highest BCUT2D eigenvalue weighted by atomic mass is 16.3. The number of unbranched alkanes of at least 4 members (excludes halogenated alkanes) is 4. The number of primary amides is 1. The number of fused-ring (bicyclic) bond motifs is 3. The van der Waals surface area contributed by atoms with Crippen molar-refractivity contribution in [3.05, 3.63) is 22.8 Å². The summed E-state index contributed by atoms with van der Waals surface area (Å²) >= 11 is 0. The monoisotopic (exact) mass is 625 g/mol. The van der Waals surface area contributed by atoms with Gasteiger partial charge in [-0.15, -0.1) is 0 Å². The zero-order valence-electron chi connectivity index (χ0n) is 27.7. The maximum atomic E-state index is 14.3. The predicted molar refractivity (Wildman–Crippen MR) is 171 cm³/mol. The first-order valence-electron chi connectivity index (χ1n) is 16.6. The summed E-state index contributed by atoms with van der Waals surface area (Å²) < 4.78 is 0. The number of carbonyl (C=O) groups excluding carboxylic acids is 5. The minimum atomic E-state index is -2.72. The van der Waals surface area contributed by atoms with Gasteiger partial charge in [-0.3, -0.25) is 28.9 Å². The van der Waals surface area contributed by atoms with Crippen LogP contribution in [0.4, 0.5) is 5.69 Å². The Hall–Kier alpha value is -3.11. The molecule has 4 N–H and O–H groups in total. The number of ketones is 4. The average molecular weight is 626 g/mol. The van der Waals surface area contributed by atoms with Gasteiger partial charge in [0.1, 0.15) is 5.75 Å². The van der Waals surface area contributed by atoms with Crippen LogP contribution in [-0.4, -0.2) is 84.0 Å². The highest BCUT2D eigenvalue weighted by Crippen LogP contribution is 2.52. The van der Waals surface area contributed by atoms with Gasteiger partial charge in [0.15, 0.2) is 34.7 Å². The van der Waals surface area contributed by atoms with Crippen molar-refractivity contribution in [1.82, 2.24) is 4.90 Å². The van der Waals surface area contributed by atoms with Crippen molar-refractivity contribution >= 4 is 34.7 Å². The van der Waals surface area contributed by atoms with Gasteiger partial charge >= 0.3 is 0 Å². The maximum absolute atomic E-state index is 14.3. The van der Waals surface area contributed by atoms with E-state index in [-0.39, 0.29) is 24.2 Å². The summed E-state index contributed by atoms with van der Waals surface area (Å²) in [5, 5.41) is 23.6. The second-order valence-electron chi connectivity index (χ2n) is 14.0. The van der Waals surface area contributed by atoms with Gasteiger partial charge in [-0.05, 0) is 62.4 Å². The number of aliphatic hydroxyl groups is 1. The number of phenols is 1. The van der Waals surface area contributed by atoms with Gasteiger partial charge in [-0.25, -0.2) is 0 Å². The summed E-state index contributed by atoms with van der Waals surface area (Å²) in [6, 6.07) is 0.844. The van der Waals surface area contributed by atoms with Crippen molar-refractivity contribution in [2.45, 2.75) is 96.1 Å². The first kappa shape index (κ1) is 34.8. The Balaban J connectivity index is 1.79. The standard InChI is InChI=1S/C35H51N3O7/c1-7-9-11-13-19(14-12-10-8-2)15-21-18-24(37(3)4)22-16-20-17-23-28(38(5)6)31(41)27(34(36)44)33(43)35(23,45)32(42)25(20)30(40)26(22)29(21)39/h18-20,23,25,27-28,39,45H,7-17H2,1-6H3,(H2,36,44)/t20-,23-,25?,27?,28-,35-/m0/s1. The fourth-order valence-corrected chi connectivity index (χ4v) is 8.29. The lowest BCUT2D eigenvalue weighted by Crippen LogP contribution is -2.74. The number of hydrogen-bond donors (Lipinski definition) is 3. The van der Waals surface area contributed by atoms with Crippen LogP contribution < -0.4 is 10.6 Å². The topological polar surface area (TPSA) is 158 Å².